The van der Waals surface area contributed by atoms with E-state index in [0.29, 0.717) is 6.07 Å². The van der Waals surface area contributed by atoms with Crippen molar-refractivity contribution in [2.24, 2.45) is 5.92 Å². The Bertz CT molecular complexity index is 395. The van der Waals surface area contributed by atoms with Gasteiger partial charge in [0.15, 0.2) is 0 Å². The zero-order chi connectivity index (χ0) is 12.5. The van der Waals surface area contributed by atoms with Gasteiger partial charge in [-0.2, -0.15) is 0 Å². The van der Waals surface area contributed by atoms with Gasteiger partial charge in [-0.15, -0.1) is 0 Å². The van der Waals surface area contributed by atoms with E-state index in [-0.39, 0.29) is 5.56 Å². The lowest BCUT2D eigenvalue weighted by molar-refractivity contribution is -0.150. The van der Waals surface area contributed by atoms with Crippen molar-refractivity contribution in [2.45, 2.75) is 19.4 Å². The fourth-order valence-electron chi connectivity index (χ4n) is 1.34. The van der Waals surface area contributed by atoms with Crippen LogP contribution >= 0.6 is 0 Å². The first-order chi connectivity index (χ1) is 7.25. The molecule has 0 bridgehead atoms. The molecule has 1 rings (SSSR count). The van der Waals surface area contributed by atoms with Crippen LogP contribution in [-0.2, 0) is 10.4 Å². The van der Waals surface area contributed by atoms with Crippen LogP contribution in [0.25, 0.3) is 0 Å². The van der Waals surface area contributed by atoms with Crippen molar-refractivity contribution in [2.75, 3.05) is 0 Å². The van der Waals surface area contributed by atoms with Gasteiger partial charge in [-0.25, -0.2) is 8.78 Å². The van der Waals surface area contributed by atoms with E-state index in [1.807, 2.05) is 0 Å². The molecular formula is C11H12F2O3. The number of rotatable bonds is 3. The van der Waals surface area contributed by atoms with Crippen LogP contribution in [0.3, 0.4) is 0 Å². The van der Waals surface area contributed by atoms with Gasteiger partial charge in [0.25, 0.3) is 0 Å². The summed E-state index contributed by atoms with van der Waals surface area (Å²) < 4.78 is 25.8. The maximum atomic E-state index is 12.9. The second-order valence-electron chi connectivity index (χ2n) is 3.87. The smallest absolute Gasteiger partial charge is 0.309 e. The third-order valence-corrected chi connectivity index (χ3v) is 2.66. The molecule has 2 unspecified atom stereocenters. The average Bonchev–Trinajstić information content (AvgIpc) is 2.14. The number of carboxylic acids is 1. The second-order valence-corrected chi connectivity index (χ2v) is 3.87. The molecule has 0 saturated carbocycles. The number of hydrogen-bond donors (Lipinski definition) is 2. The topological polar surface area (TPSA) is 57.5 Å². The molecule has 88 valence electrons. The van der Waals surface area contributed by atoms with Gasteiger partial charge in [0.2, 0.25) is 0 Å². The summed E-state index contributed by atoms with van der Waals surface area (Å²) in [6.45, 7) is 2.48. The first-order valence-corrected chi connectivity index (χ1v) is 4.67. The molecular weight excluding hydrogens is 218 g/mol. The Balaban J connectivity index is 3.20. The maximum absolute atomic E-state index is 12.9. The average molecular weight is 230 g/mol. The van der Waals surface area contributed by atoms with Gasteiger partial charge < -0.3 is 10.2 Å². The molecule has 1 aromatic rings. The van der Waals surface area contributed by atoms with Gasteiger partial charge >= 0.3 is 5.97 Å². The highest BCUT2D eigenvalue weighted by Crippen LogP contribution is 2.30. The summed E-state index contributed by atoms with van der Waals surface area (Å²) in [5, 5.41) is 18.7. The zero-order valence-corrected chi connectivity index (χ0v) is 8.87. The zero-order valence-electron chi connectivity index (χ0n) is 8.87. The number of aliphatic hydroxyl groups is 1. The third kappa shape index (κ3) is 2.36. The van der Waals surface area contributed by atoms with Gasteiger partial charge in [-0.3, -0.25) is 4.79 Å². The highest BCUT2D eigenvalue weighted by Gasteiger charge is 2.36. The molecule has 0 fully saturated rings. The van der Waals surface area contributed by atoms with E-state index in [4.69, 9.17) is 5.11 Å². The van der Waals surface area contributed by atoms with Crippen LogP contribution in [0.5, 0.6) is 0 Å². The summed E-state index contributed by atoms with van der Waals surface area (Å²) in [5.41, 5.74) is -1.92. The van der Waals surface area contributed by atoms with Crippen LogP contribution in [-0.4, -0.2) is 16.2 Å². The Morgan fingerprint density at radius 1 is 1.31 bits per heavy atom. The second kappa shape index (κ2) is 4.17. The Morgan fingerprint density at radius 2 is 1.75 bits per heavy atom. The molecule has 0 saturated heterocycles. The number of carbonyl (C=O) groups is 1. The van der Waals surface area contributed by atoms with Crippen molar-refractivity contribution in [3.05, 3.63) is 35.4 Å². The van der Waals surface area contributed by atoms with E-state index in [1.165, 1.54) is 13.8 Å². The molecule has 0 radical (unpaired) electrons. The minimum Gasteiger partial charge on any atom is -0.481 e. The van der Waals surface area contributed by atoms with E-state index >= 15 is 0 Å². The molecule has 0 aliphatic rings. The van der Waals surface area contributed by atoms with E-state index in [2.05, 4.69) is 0 Å². The van der Waals surface area contributed by atoms with Gasteiger partial charge in [-0.1, -0.05) is 0 Å². The molecule has 0 heterocycles. The fraction of sp³-hybridized carbons (Fsp3) is 0.364. The lowest BCUT2D eigenvalue weighted by Crippen LogP contribution is -2.35. The van der Waals surface area contributed by atoms with Gasteiger partial charge in [0, 0.05) is 6.07 Å². The van der Waals surface area contributed by atoms with Crippen LogP contribution in [0.4, 0.5) is 8.78 Å². The first-order valence-electron chi connectivity index (χ1n) is 4.67. The Morgan fingerprint density at radius 3 is 2.12 bits per heavy atom. The fourth-order valence-corrected chi connectivity index (χ4v) is 1.34. The van der Waals surface area contributed by atoms with Crippen LogP contribution < -0.4 is 0 Å². The molecule has 0 amide bonds. The van der Waals surface area contributed by atoms with Crippen LogP contribution in [0.1, 0.15) is 19.4 Å². The SMILES string of the molecule is CC(C(=O)O)C(C)(O)c1cc(F)cc(F)c1. The van der Waals surface area contributed by atoms with Crippen molar-refractivity contribution in [3.63, 3.8) is 0 Å². The van der Waals surface area contributed by atoms with E-state index in [9.17, 15) is 18.7 Å². The maximum Gasteiger partial charge on any atom is 0.309 e. The Kier molecular flexibility index (Phi) is 3.28. The molecule has 5 heteroatoms. The van der Waals surface area contributed by atoms with Crippen molar-refractivity contribution < 1.29 is 23.8 Å². The number of benzene rings is 1. The Hall–Kier alpha value is -1.49. The number of halogens is 2. The molecule has 0 aromatic heterocycles. The largest absolute Gasteiger partial charge is 0.481 e. The minimum absolute atomic E-state index is 0.0973. The highest BCUT2D eigenvalue weighted by atomic mass is 19.1. The number of carboxylic acid groups (broad SMARTS) is 1. The van der Waals surface area contributed by atoms with Crippen LogP contribution in [0, 0.1) is 17.6 Å². The molecule has 3 nitrogen and oxygen atoms in total. The molecule has 0 spiro atoms. The summed E-state index contributed by atoms with van der Waals surface area (Å²) >= 11 is 0. The molecule has 16 heavy (non-hydrogen) atoms. The normalized spacial score (nSPS) is 16.6. The van der Waals surface area contributed by atoms with E-state index in [0.717, 1.165) is 12.1 Å². The molecule has 2 N–H and O–H groups in total. The highest BCUT2D eigenvalue weighted by molar-refractivity contribution is 5.71. The number of aliphatic carboxylic acids is 1. The predicted molar refractivity (Wildman–Crippen MR) is 52.7 cm³/mol. The van der Waals surface area contributed by atoms with Gasteiger partial charge in [-0.05, 0) is 31.5 Å². The van der Waals surface area contributed by atoms with E-state index < -0.39 is 29.1 Å². The van der Waals surface area contributed by atoms with Crippen molar-refractivity contribution in [3.8, 4) is 0 Å². The summed E-state index contributed by atoms with van der Waals surface area (Å²) in [4.78, 5) is 10.7. The number of hydrogen-bond acceptors (Lipinski definition) is 2. The quantitative estimate of drug-likeness (QED) is 0.833. The molecule has 2 atom stereocenters. The lowest BCUT2D eigenvalue weighted by atomic mass is 9.84. The Labute approximate surface area is 91.3 Å². The van der Waals surface area contributed by atoms with Crippen molar-refractivity contribution in [1.82, 2.24) is 0 Å². The third-order valence-electron chi connectivity index (χ3n) is 2.66. The summed E-state index contributed by atoms with van der Waals surface area (Å²) in [7, 11) is 0. The minimum atomic E-state index is -1.82. The molecule has 0 aliphatic carbocycles. The molecule has 0 aliphatic heterocycles. The summed E-state index contributed by atoms with van der Waals surface area (Å²) in [6.07, 6.45) is 0. The summed E-state index contributed by atoms with van der Waals surface area (Å²) in [5.74, 6) is -4.12. The van der Waals surface area contributed by atoms with Gasteiger partial charge in [0.05, 0.1) is 5.92 Å². The van der Waals surface area contributed by atoms with Gasteiger partial charge in [0.1, 0.15) is 17.2 Å². The van der Waals surface area contributed by atoms with Crippen LogP contribution in [0.15, 0.2) is 18.2 Å². The summed E-state index contributed by atoms with van der Waals surface area (Å²) in [6, 6.07) is 2.50. The van der Waals surface area contributed by atoms with E-state index in [1.54, 1.807) is 0 Å². The predicted octanol–water partition coefficient (Wildman–Crippen LogP) is 1.89. The van der Waals surface area contributed by atoms with Crippen LogP contribution in [0.2, 0.25) is 0 Å². The lowest BCUT2D eigenvalue weighted by Gasteiger charge is -2.28. The molecule has 1 aromatic carbocycles. The van der Waals surface area contributed by atoms with Crippen molar-refractivity contribution in [1.29, 1.82) is 0 Å². The first kappa shape index (κ1) is 12.6. The monoisotopic (exact) mass is 230 g/mol. The van der Waals surface area contributed by atoms with Crippen molar-refractivity contribution >= 4 is 5.97 Å². The standard InChI is InChI=1S/C11H12F2O3/c1-6(10(14)15)11(2,16)7-3-8(12)5-9(13)4-7/h3-6,16H,1-2H3,(H,14,15).